The van der Waals surface area contributed by atoms with Crippen molar-refractivity contribution in [2.75, 3.05) is 13.1 Å². The van der Waals surface area contributed by atoms with Gasteiger partial charge in [-0.05, 0) is 44.9 Å². The van der Waals surface area contributed by atoms with Crippen molar-refractivity contribution >= 4 is 22.2 Å². The maximum Gasteiger partial charge on any atom is 0.268 e. The van der Waals surface area contributed by atoms with Crippen LogP contribution in [-0.2, 0) is 11.2 Å². The summed E-state index contributed by atoms with van der Waals surface area (Å²) in [6.07, 6.45) is 2.11. The molecule has 0 spiro atoms. The monoisotopic (exact) mass is 469 g/mol. The molecule has 1 aromatic carbocycles. The van der Waals surface area contributed by atoms with Crippen LogP contribution < -0.4 is 5.56 Å². The number of benzene rings is 1. The third kappa shape index (κ3) is 3.74. The van der Waals surface area contributed by atoms with Gasteiger partial charge in [0.05, 0.1) is 17.7 Å². The first-order chi connectivity index (χ1) is 15.8. The molecule has 4 aromatic rings. The number of aryl methyl sites for hydroxylation is 2. The minimum atomic E-state index is -0.628. The molecule has 0 N–H and O–H groups in total. The maximum absolute atomic E-state index is 14.3. The summed E-state index contributed by atoms with van der Waals surface area (Å²) < 4.78 is 30.8. The van der Waals surface area contributed by atoms with Gasteiger partial charge in [-0.3, -0.25) is 14.0 Å². The van der Waals surface area contributed by atoms with Crippen molar-refractivity contribution in [1.29, 1.82) is 0 Å². The molecule has 0 aliphatic carbocycles. The van der Waals surface area contributed by atoms with Crippen LogP contribution >= 0.6 is 11.3 Å². The molecule has 1 saturated heterocycles. The zero-order chi connectivity index (χ0) is 23.3. The molecule has 0 atom stereocenters. The topological polar surface area (TPSA) is 72.5 Å². The van der Waals surface area contributed by atoms with E-state index in [1.807, 2.05) is 4.90 Å². The summed E-state index contributed by atoms with van der Waals surface area (Å²) in [5, 5.41) is 6.19. The van der Waals surface area contributed by atoms with Crippen LogP contribution in [0.1, 0.15) is 29.9 Å². The highest BCUT2D eigenvalue weighted by atomic mass is 32.1. The Hall–Kier alpha value is -3.40. The summed E-state index contributed by atoms with van der Waals surface area (Å²) in [4.78, 5) is 33.1. The number of fused-ring (bicyclic) bond motifs is 1. The van der Waals surface area contributed by atoms with E-state index in [0.29, 0.717) is 27.7 Å². The van der Waals surface area contributed by atoms with Crippen LogP contribution in [0.4, 0.5) is 8.78 Å². The van der Waals surface area contributed by atoms with E-state index < -0.39 is 11.6 Å². The van der Waals surface area contributed by atoms with Crippen molar-refractivity contribution in [3.63, 3.8) is 0 Å². The second kappa shape index (κ2) is 8.18. The molecule has 10 heteroatoms. The fourth-order valence-corrected chi connectivity index (χ4v) is 5.17. The highest BCUT2D eigenvalue weighted by Gasteiger charge is 2.23. The Bertz CT molecular complexity index is 1450. The summed E-state index contributed by atoms with van der Waals surface area (Å²) in [7, 11) is 0. The standard InChI is InChI=1S/C23H21F2N5O2S/c1-13-9-18(27-30(13)19-10-15(24)5-6-17(19)25)21-14(2)26-23-29(22(21)32)16(12-33-23)11-20(31)28-7-3-4-8-28/h5-6,9-10,12H,3-4,7-8,11H2,1-2H3. The molecule has 170 valence electrons. The van der Waals surface area contributed by atoms with Crippen LogP contribution in [0.3, 0.4) is 0 Å². The summed E-state index contributed by atoms with van der Waals surface area (Å²) in [6.45, 7) is 4.89. The number of thiazole rings is 1. The number of hydrogen-bond acceptors (Lipinski definition) is 5. The van der Waals surface area contributed by atoms with Gasteiger partial charge in [0, 0.05) is 35.9 Å². The number of carbonyl (C=O) groups is 1. The van der Waals surface area contributed by atoms with Crippen molar-refractivity contribution in [3.8, 4) is 16.9 Å². The Balaban J connectivity index is 1.60. The van der Waals surface area contributed by atoms with E-state index in [9.17, 15) is 18.4 Å². The number of aromatic nitrogens is 4. The predicted octanol–water partition coefficient (Wildman–Crippen LogP) is 3.67. The third-order valence-electron chi connectivity index (χ3n) is 5.89. The van der Waals surface area contributed by atoms with Crippen LogP contribution in [0.2, 0.25) is 0 Å². The molecule has 0 saturated carbocycles. The molecule has 7 nitrogen and oxygen atoms in total. The van der Waals surface area contributed by atoms with Crippen molar-refractivity contribution in [2.45, 2.75) is 33.1 Å². The lowest BCUT2D eigenvalue weighted by Crippen LogP contribution is -2.30. The Kier molecular flexibility index (Phi) is 5.32. The molecule has 4 heterocycles. The number of hydrogen-bond donors (Lipinski definition) is 0. The molecule has 1 aliphatic rings. The molecule has 0 bridgehead atoms. The van der Waals surface area contributed by atoms with Crippen molar-refractivity contribution < 1.29 is 13.6 Å². The van der Waals surface area contributed by atoms with Gasteiger partial charge in [0.15, 0.2) is 4.96 Å². The molecular formula is C23H21F2N5O2S. The Morgan fingerprint density at radius 1 is 1.15 bits per heavy atom. The zero-order valence-electron chi connectivity index (χ0n) is 18.1. The van der Waals surface area contributed by atoms with E-state index in [-0.39, 0.29) is 29.1 Å². The first kappa shape index (κ1) is 21.4. The molecule has 1 aliphatic heterocycles. The Morgan fingerprint density at radius 3 is 2.67 bits per heavy atom. The SMILES string of the molecule is Cc1nc2scc(CC(=O)N3CCCC3)n2c(=O)c1-c1cc(C)n(-c2cc(F)ccc2F)n1. The normalized spacial score (nSPS) is 13.9. The lowest BCUT2D eigenvalue weighted by Gasteiger charge is -2.14. The van der Waals surface area contributed by atoms with Gasteiger partial charge in [-0.1, -0.05) is 0 Å². The van der Waals surface area contributed by atoms with Gasteiger partial charge >= 0.3 is 0 Å². The second-order valence-electron chi connectivity index (χ2n) is 8.17. The molecule has 1 fully saturated rings. The van der Waals surface area contributed by atoms with E-state index >= 15 is 0 Å². The van der Waals surface area contributed by atoms with Crippen LogP contribution in [0.5, 0.6) is 0 Å². The number of likely N-dealkylation sites (tertiary alicyclic amines) is 1. The first-order valence-corrected chi connectivity index (χ1v) is 11.5. The number of carbonyl (C=O) groups excluding carboxylic acids is 1. The van der Waals surface area contributed by atoms with Gasteiger partial charge in [0.2, 0.25) is 5.91 Å². The highest BCUT2D eigenvalue weighted by Crippen LogP contribution is 2.25. The quantitative estimate of drug-likeness (QED) is 0.457. The van der Waals surface area contributed by atoms with Crippen molar-refractivity contribution in [2.24, 2.45) is 0 Å². The molecular weight excluding hydrogens is 448 g/mol. The number of nitrogens with zero attached hydrogens (tertiary/aromatic N) is 5. The van der Waals surface area contributed by atoms with Gasteiger partial charge in [-0.15, -0.1) is 11.3 Å². The number of rotatable bonds is 4. The summed E-state index contributed by atoms with van der Waals surface area (Å²) in [5.41, 5.74) is 1.78. The predicted molar refractivity (Wildman–Crippen MR) is 121 cm³/mol. The van der Waals surface area contributed by atoms with Gasteiger partial charge in [0.1, 0.15) is 23.0 Å². The first-order valence-electron chi connectivity index (χ1n) is 10.6. The van der Waals surface area contributed by atoms with Gasteiger partial charge < -0.3 is 4.90 Å². The molecule has 33 heavy (non-hydrogen) atoms. The Labute approximate surface area is 191 Å². The van der Waals surface area contributed by atoms with Crippen molar-refractivity contribution in [1.82, 2.24) is 24.1 Å². The zero-order valence-corrected chi connectivity index (χ0v) is 19.0. The van der Waals surface area contributed by atoms with Gasteiger partial charge in [-0.25, -0.2) is 18.4 Å². The largest absolute Gasteiger partial charge is 0.342 e. The molecule has 0 unspecified atom stereocenters. The third-order valence-corrected chi connectivity index (χ3v) is 6.77. The van der Waals surface area contributed by atoms with Crippen LogP contribution in [0.15, 0.2) is 34.4 Å². The van der Waals surface area contributed by atoms with Crippen LogP contribution in [0.25, 0.3) is 21.9 Å². The number of halogens is 2. The summed E-state index contributed by atoms with van der Waals surface area (Å²) in [6, 6.07) is 4.77. The van der Waals surface area contributed by atoms with Crippen molar-refractivity contribution in [3.05, 3.63) is 68.7 Å². The van der Waals surface area contributed by atoms with Gasteiger partial charge in [-0.2, -0.15) is 5.10 Å². The average Bonchev–Trinajstić information content (AvgIpc) is 3.51. The average molecular weight is 470 g/mol. The molecule has 5 rings (SSSR count). The fraction of sp³-hybridized carbons (Fsp3) is 0.304. The van der Waals surface area contributed by atoms with E-state index in [1.54, 1.807) is 25.3 Å². The number of amides is 1. The molecule has 0 radical (unpaired) electrons. The van der Waals surface area contributed by atoms with E-state index in [1.165, 1.54) is 20.4 Å². The highest BCUT2D eigenvalue weighted by molar-refractivity contribution is 7.15. The summed E-state index contributed by atoms with van der Waals surface area (Å²) >= 11 is 1.30. The molecule has 1 amide bonds. The van der Waals surface area contributed by atoms with Crippen LogP contribution in [0, 0.1) is 25.5 Å². The summed E-state index contributed by atoms with van der Waals surface area (Å²) in [5.74, 6) is -1.23. The van der Waals surface area contributed by atoms with E-state index in [4.69, 9.17) is 0 Å². The second-order valence-corrected chi connectivity index (χ2v) is 9.00. The molecule has 3 aromatic heterocycles. The smallest absolute Gasteiger partial charge is 0.268 e. The van der Waals surface area contributed by atoms with Gasteiger partial charge in [0.25, 0.3) is 5.56 Å². The fourth-order valence-electron chi connectivity index (χ4n) is 4.25. The lowest BCUT2D eigenvalue weighted by atomic mass is 10.1. The minimum absolute atomic E-state index is 0.0112. The lowest BCUT2D eigenvalue weighted by molar-refractivity contribution is -0.129. The van der Waals surface area contributed by atoms with E-state index in [0.717, 1.165) is 44.1 Å². The van der Waals surface area contributed by atoms with Crippen LogP contribution in [-0.4, -0.2) is 43.1 Å². The Morgan fingerprint density at radius 2 is 1.91 bits per heavy atom. The maximum atomic E-state index is 14.3. The minimum Gasteiger partial charge on any atom is -0.342 e. The van der Waals surface area contributed by atoms with E-state index in [2.05, 4.69) is 10.1 Å².